The number of piperidine rings is 1. The first kappa shape index (κ1) is 24.9. The Morgan fingerprint density at radius 1 is 1.13 bits per heavy atom. The van der Waals surface area contributed by atoms with Crippen LogP contribution in [-0.4, -0.2) is 54.0 Å². The lowest BCUT2D eigenvalue weighted by Crippen LogP contribution is -2.45. The van der Waals surface area contributed by atoms with Crippen molar-refractivity contribution < 1.29 is 8.63 Å². The molecule has 1 aromatic heterocycles. The number of furan rings is 1. The molecule has 166 valence electrons. The van der Waals surface area contributed by atoms with E-state index in [4.69, 9.17) is 4.42 Å². The highest BCUT2D eigenvalue weighted by Gasteiger charge is 2.24. The maximum absolute atomic E-state index is 12.3. The van der Waals surface area contributed by atoms with Gasteiger partial charge in [-0.15, -0.1) is 24.0 Å². The monoisotopic (exact) mass is 544 g/mol. The minimum Gasteiger partial charge on any atom is -0.468 e. The SMILES string of the molecule is CN=C(NCCS(=O)Cc1ccccc1)NCC(c1ccco1)N1CCCCC1.I. The summed E-state index contributed by atoms with van der Waals surface area (Å²) in [5, 5.41) is 6.70. The van der Waals surface area contributed by atoms with E-state index in [0.29, 0.717) is 18.1 Å². The van der Waals surface area contributed by atoms with Crippen LogP contribution in [0.2, 0.25) is 0 Å². The van der Waals surface area contributed by atoms with Crippen molar-refractivity contribution in [2.45, 2.75) is 31.1 Å². The summed E-state index contributed by atoms with van der Waals surface area (Å²) in [7, 11) is 0.864. The molecule has 6 nitrogen and oxygen atoms in total. The predicted molar refractivity (Wildman–Crippen MR) is 135 cm³/mol. The van der Waals surface area contributed by atoms with Crippen LogP contribution in [0.25, 0.3) is 0 Å². The van der Waals surface area contributed by atoms with Gasteiger partial charge in [-0.05, 0) is 43.6 Å². The number of benzene rings is 1. The molecule has 30 heavy (non-hydrogen) atoms. The number of nitrogens with zero attached hydrogens (tertiary/aromatic N) is 2. The average Bonchev–Trinajstić information content (AvgIpc) is 3.28. The second-order valence-electron chi connectivity index (χ2n) is 7.28. The molecule has 8 heteroatoms. The molecule has 2 aromatic rings. The van der Waals surface area contributed by atoms with Crippen molar-refractivity contribution >= 4 is 40.7 Å². The quantitative estimate of drug-likeness (QED) is 0.287. The lowest BCUT2D eigenvalue weighted by Gasteiger charge is -2.33. The molecular weight excluding hydrogens is 511 g/mol. The highest BCUT2D eigenvalue weighted by molar-refractivity contribution is 14.0. The Kier molecular flexibility index (Phi) is 11.5. The van der Waals surface area contributed by atoms with Gasteiger partial charge in [-0.25, -0.2) is 0 Å². The van der Waals surface area contributed by atoms with Crippen LogP contribution < -0.4 is 10.6 Å². The molecule has 2 unspecified atom stereocenters. The van der Waals surface area contributed by atoms with Crippen LogP contribution in [0.1, 0.15) is 36.6 Å². The first-order valence-electron chi connectivity index (χ1n) is 10.4. The number of hydrogen-bond donors (Lipinski definition) is 2. The largest absolute Gasteiger partial charge is 0.468 e. The highest BCUT2D eigenvalue weighted by atomic mass is 127. The van der Waals surface area contributed by atoms with Crippen LogP contribution in [0.3, 0.4) is 0 Å². The van der Waals surface area contributed by atoms with Crippen LogP contribution in [0.5, 0.6) is 0 Å². The van der Waals surface area contributed by atoms with Gasteiger partial charge in [0.2, 0.25) is 0 Å². The molecule has 1 fully saturated rings. The van der Waals surface area contributed by atoms with Crippen molar-refractivity contribution in [2.75, 3.05) is 39.0 Å². The summed E-state index contributed by atoms with van der Waals surface area (Å²) in [6, 6.07) is 14.1. The Morgan fingerprint density at radius 2 is 1.90 bits per heavy atom. The second kappa shape index (κ2) is 13.8. The van der Waals surface area contributed by atoms with E-state index in [1.54, 1.807) is 13.3 Å². The van der Waals surface area contributed by atoms with Crippen LogP contribution in [0.4, 0.5) is 0 Å². The lowest BCUT2D eigenvalue weighted by atomic mass is 10.1. The molecule has 1 aliphatic heterocycles. The zero-order valence-electron chi connectivity index (χ0n) is 17.6. The van der Waals surface area contributed by atoms with Crippen molar-refractivity contribution in [2.24, 2.45) is 4.99 Å². The summed E-state index contributed by atoms with van der Waals surface area (Å²) < 4.78 is 18.0. The van der Waals surface area contributed by atoms with Gasteiger partial charge in [0.1, 0.15) is 5.76 Å². The lowest BCUT2D eigenvalue weighted by molar-refractivity contribution is 0.146. The van der Waals surface area contributed by atoms with Crippen LogP contribution >= 0.6 is 24.0 Å². The molecule has 0 radical (unpaired) electrons. The summed E-state index contributed by atoms with van der Waals surface area (Å²) >= 11 is 0. The maximum Gasteiger partial charge on any atom is 0.191 e. The van der Waals surface area contributed by atoms with E-state index in [0.717, 1.165) is 36.9 Å². The molecule has 2 atom stereocenters. The molecule has 1 aliphatic rings. The fourth-order valence-corrected chi connectivity index (χ4v) is 4.69. The molecule has 0 saturated carbocycles. The summed E-state index contributed by atoms with van der Waals surface area (Å²) in [4.78, 5) is 6.80. The smallest absolute Gasteiger partial charge is 0.191 e. The number of aliphatic imine (C=N–C) groups is 1. The molecule has 0 bridgehead atoms. The third kappa shape index (κ3) is 8.03. The van der Waals surface area contributed by atoms with E-state index >= 15 is 0 Å². The number of likely N-dealkylation sites (tertiary alicyclic amines) is 1. The summed E-state index contributed by atoms with van der Waals surface area (Å²) in [6.07, 6.45) is 5.51. The summed E-state index contributed by atoms with van der Waals surface area (Å²) in [6.45, 7) is 3.53. The van der Waals surface area contributed by atoms with Gasteiger partial charge in [0.15, 0.2) is 5.96 Å². The van der Waals surface area contributed by atoms with Crippen molar-refractivity contribution in [1.82, 2.24) is 15.5 Å². The topological polar surface area (TPSA) is 69.9 Å². The fourth-order valence-electron chi connectivity index (χ4n) is 3.65. The molecule has 1 saturated heterocycles. The number of rotatable bonds is 9. The molecule has 2 heterocycles. The first-order chi connectivity index (χ1) is 14.3. The van der Waals surface area contributed by atoms with Gasteiger partial charge in [0, 0.05) is 42.4 Å². The van der Waals surface area contributed by atoms with Crippen molar-refractivity contribution in [3.05, 3.63) is 60.1 Å². The number of hydrogen-bond acceptors (Lipinski definition) is 4. The molecule has 0 spiro atoms. The number of guanidine groups is 1. The van der Waals surface area contributed by atoms with Crippen molar-refractivity contribution in [3.63, 3.8) is 0 Å². The van der Waals surface area contributed by atoms with Gasteiger partial charge in [0.05, 0.1) is 12.3 Å². The van der Waals surface area contributed by atoms with E-state index in [1.807, 2.05) is 42.5 Å². The minimum atomic E-state index is -0.899. The third-order valence-corrected chi connectivity index (χ3v) is 6.50. The van der Waals surface area contributed by atoms with Crippen LogP contribution in [0, 0.1) is 0 Å². The molecule has 1 aromatic carbocycles. The van der Waals surface area contributed by atoms with Gasteiger partial charge in [0.25, 0.3) is 0 Å². The fraction of sp³-hybridized carbons (Fsp3) is 0.500. The Balaban J connectivity index is 0.00000320. The van der Waals surface area contributed by atoms with Crippen molar-refractivity contribution in [1.29, 1.82) is 0 Å². The summed E-state index contributed by atoms with van der Waals surface area (Å²) in [5.41, 5.74) is 1.11. The van der Waals surface area contributed by atoms with Gasteiger partial charge < -0.3 is 15.1 Å². The Hall–Kier alpha value is -1.39. The average molecular weight is 545 g/mol. The van der Waals surface area contributed by atoms with Gasteiger partial charge in [-0.1, -0.05) is 36.8 Å². The Labute approximate surface area is 199 Å². The van der Waals surface area contributed by atoms with Crippen LogP contribution in [0.15, 0.2) is 58.1 Å². The second-order valence-corrected chi connectivity index (χ2v) is 8.86. The normalized spacial score (nSPS) is 17.0. The molecule has 2 N–H and O–H groups in total. The highest BCUT2D eigenvalue weighted by Crippen LogP contribution is 2.24. The van der Waals surface area contributed by atoms with Gasteiger partial charge >= 0.3 is 0 Å². The molecule has 0 amide bonds. The van der Waals surface area contributed by atoms with E-state index in [2.05, 4.69) is 20.5 Å². The number of nitrogens with one attached hydrogen (secondary N) is 2. The Bertz CT molecular complexity index is 765. The standard InChI is InChI=1S/C22H32N4O2S.HI/c1-23-22(24-12-16-29(27)18-19-9-4-2-5-10-19)25-17-20(21-11-8-15-28-21)26-13-6-3-7-14-26;/h2,4-5,8-11,15,20H,3,6-7,12-14,16-18H2,1H3,(H2,23,24,25);1H. The maximum atomic E-state index is 12.3. The van der Waals surface area contributed by atoms with E-state index < -0.39 is 10.8 Å². The van der Waals surface area contributed by atoms with Crippen molar-refractivity contribution in [3.8, 4) is 0 Å². The first-order valence-corrected chi connectivity index (χ1v) is 11.9. The van der Waals surface area contributed by atoms with Gasteiger partial charge in [-0.3, -0.25) is 14.1 Å². The van der Waals surface area contributed by atoms with Gasteiger partial charge in [-0.2, -0.15) is 0 Å². The zero-order chi connectivity index (χ0) is 20.3. The van der Waals surface area contributed by atoms with E-state index in [9.17, 15) is 4.21 Å². The van der Waals surface area contributed by atoms with E-state index in [1.165, 1.54) is 19.3 Å². The Morgan fingerprint density at radius 3 is 2.57 bits per heavy atom. The van der Waals surface area contributed by atoms with E-state index in [-0.39, 0.29) is 30.0 Å². The predicted octanol–water partition coefficient (Wildman–Crippen LogP) is 3.54. The number of halogens is 1. The van der Waals surface area contributed by atoms with Crippen LogP contribution in [-0.2, 0) is 16.6 Å². The molecule has 0 aliphatic carbocycles. The molecular formula is C22H33IN4O2S. The third-order valence-electron chi connectivity index (χ3n) is 5.18. The minimum absolute atomic E-state index is 0. The molecule has 3 rings (SSSR count). The zero-order valence-corrected chi connectivity index (χ0v) is 20.7. The summed E-state index contributed by atoms with van der Waals surface area (Å²) in [5.74, 6) is 2.89.